The molecule has 0 aliphatic heterocycles. The molecule has 2 rings (SSSR count). The predicted octanol–water partition coefficient (Wildman–Crippen LogP) is 5.05. The van der Waals surface area contributed by atoms with Gasteiger partial charge in [0.25, 0.3) is 0 Å². The van der Waals surface area contributed by atoms with Gasteiger partial charge in [0, 0.05) is 11.1 Å². The molecular formula is C16H17Cl2NO. The molecule has 0 bridgehead atoms. The van der Waals surface area contributed by atoms with E-state index in [0.717, 1.165) is 23.2 Å². The number of rotatable bonds is 4. The van der Waals surface area contributed by atoms with Crippen molar-refractivity contribution in [3.8, 4) is 5.75 Å². The molecule has 2 nitrogen and oxygen atoms in total. The lowest BCUT2D eigenvalue weighted by molar-refractivity contribution is 0.475. The van der Waals surface area contributed by atoms with Gasteiger partial charge < -0.3 is 10.4 Å². The minimum absolute atomic E-state index is 0.204. The summed E-state index contributed by atoms with van der Waals surface area (Å²) in [6.45, 7) is 4.01. The molecule has 0 spiro atoms. The zero-order chi connectivity index (χ0) is 14.7. The van der Waals surface area contributed by atoms with E-state index in [1.54, 1.807) is 12.1 Å². The summed E-state index contributed by atoms with van der Waals surface area (Å²) in [5.41, 5.74) is 2.96. The van der Waals surface area contributed by atoms with Crippen LogP contribution in [-0.4, -0.2) is 11.1 Å². The molecule has 0 aliphatic carbocycles. The Hall–Kier alpha value is -1.38. The summed E-state index contributed by atoms with van der Waals surface area (Å²) < 4.78 is 0. The highest BCUT2D eigenvalue weighted by molar-refractivity contribution is 6.35. The maximum Gasteiger partial charge on any atom is 0.115 e. The van der Waals surface area contributed by atoms with Crippen LogP contribution < -0.4 is 5.32 Å². The van der Waals surface area contributed by atoms with Crippen LogP contribution >= 0.6 is 23.2 Å². The molecule has 106 valence electrons. The van der Waals surface area contributed by atoms with E-state index >= 15 is 0 Å². The molecule has 1 atom stereocenters. The van der Waals surface area contributed by atoms with Gasteiger partial charge in [0.1, 0.15) is 5.75 Å². The first kappa shape index (κ1) is 15.0. The van der Waals surface area contributed by atoms with Gasteiger partial charge in [-0.2, -0.15) is 0 Å². The van der Waals surface area contributed by atoms with Crippen molar-refractivity contribution >= 4 is 28.9 Å². The number of nitrogens with one attached hydrogen (secondary N) is 1. The minimum Gasteiger partial charge on any atom is -0.508 e. The number of benzene rings is 2. The molecule has 20 heavy (non-hydrogen) atoms. The molecule has 2 aromatic rings. The molecule has 0 fully saturated rings. The molecule has 0 amide bonds. The molecular weight excluding hydrogens is 293 g/mol. The average molecular weight is 310 g/mol. The van der Waals surface area contributed by atoms with Gasteiger partial charge in [-0.3, -0.25) is 0 Å². The van der Waals surface area contributed by atoms with E-state index in [9.17, 15) is 5.11 Å². The lowest BCUT2D eigenvalue weighted by atomic mass is 10.1. The van der Waals surface area contributed by atoms with Gasteiger partial charge in [-0.1, -0.05) is 35.3 Å². The van der Waals surface area contributed by atoms with Crippen LogP contribution in [0.25, 0.3) is 0 Å². The van der Waals surface area contributed by atoms with Crippen LogP contribution in [0.4, 0.5) is 5.69 Å². The Balaban J connectivity index is 2.06. The van der Waals surface area contributed by atoms with Crippen LogP contribution in [0.3, 0.4) is 0 Å². The third kappa shape index (κ3) is 3.81. The normalized spacial score (nSPS) is 12.2. The van der Waals surface area contributed by atoms with Crippen LogP contribution in [0.5, 0.6) is 5.75 Å². The Labute approximate surface area is 129 Å². The van der Waals surface area contributed by atoms with Crippen LogP contribution in [0, 0.1) is 6.92 Å². The summed E-state index contributed by atoms with van der Waals surface area (Å²) in [6, 6.07) is 11.1. The lowest BCUT2D eigenvalue weighted by Crippen LogP contribution is -2.18. The second kappa shape index (κ2) is 6.38. The Kier molecular flexibility index (Phi) is 4.79. The van der Waals surface area contributed by atoms with Crippen molar-refractivity contribution in [3.63, 3.8) is 0 Å². The topological polar surface area (TPSA) is 32.3 Å². The zero-order valence-corrected chi connectivity index (χ0v) is 13.0. The fraction of sp³-hybridized carbons (Fsp3) is 0.250. The van der Waals surface area contributed by atoms with Gasteiger partial charge in [-0.25, -0.2) is 0 Å². The number of anilines is 1. The van der Waals surface area contributed by atoms with E-state index in [2.05, 4.69) is 12.2 Å². The van der Waals surface area contributed by atoms with E-state index in [4.69, 9.17) is 23.2 Å². The molecule has 2 N–H and O–H groups in total. The minimum atomic E-state index is 0.204. The fourth-order valence-electron chi connectivity index (χ4n) is 2.06. The number of phenolic OH excluding ortho intramolecular Hbond substituents is 1. The van der Waals surface area contributed by atoms with E-state index in [0.29, 0.717) is 10.0 Å². The number of aryl methyl sites for hydroxylation is 1. The average Bonchev–Trinajstić information content (AvgIpc) is 2.39. The SMILES string of the molecule is Cc1cc(Cl)c(NC(C)Cc2ccc(O)cc2)cc1Cl. The largest absolute Gasteiger partial charge is 0.508 e. The number of hydrogen-bond donors (Lipinski definition) is 2. The van der Waals surface area contributed by atoms with Crippen molar-refractivity contribution < 1.29 is 5.11 Å². The monoisotopic (exact) mass is 309 g/mol. The molecule has 2 aromatic carbocycles. The van der Waals surface area contributed by atoms with E-state index in [1.165, 1.54) is 0 Å². The van der Waals surface area contributed by atoms with E-state index in [-0.39, 0.29) is 11.8 Å². The van der Waals surface area contributed by atoms with Crippen molar-refractivity contribution in [2.75, 3.05) is 5.32 Å². The van der Waals surface area contributed by atoms with Crippen molar-refractivity contribution in [3.05, 3.63) is 57.6 Å². The maximum atomic E-state index is 9.27. The second-order valence-corrected chi connectivity index (χ2v) is 5.81. The molecule has 0 saturated carbocycles. The first-order chi connectivity index (χ1) is 9.45. The molecule has 0 aliphatic rings. The Bertz CT molecular complexity index is 596. The van der Waals surface area contributed by atoms with Crippen LogP contribution in [0.15, 0.2) is 36.4 Å². The summed E-state index contributed by atoms with van der Waals surface area (Å²) in [6.07, 6.45) is 0.835. The first-order valence-corrected chi connectivity index (χ1v) is 7.21. The summed E-state index contributed by atoms with van der Waals surface area (Å²) >= 11 is 12.3. The van der Waals surface area contributed by atoms with Crippen molar-refractivity contribution in [1.29, 1.82) is 0 Å². The van der Waals surface area contributed by atoms with E-state index in [1.807, 2.05) is 31.2 Å². The van der Waals surface area contributed by atoms with Crippen LogP contribution in [-0.2, 0) is 6.42 Å². The lowest BCUT2D eigenvalue weighted by Gasteiger charge is -2.17. The van der Waals surface area contributed by atoms with Gasteiger partial charge in [-0.15, -0.1) is 0 Å². The highest BCUT2D eigenvalue weighted by Crippen LogP contribution is 2.29. The maximum absolute atomic E-state index is 9.27. The summed E-state index contributed by atoms with van der Waals surface area (Å²) in [5, 5.41) is 14.0. The Morgan fingerprint density at radius 1 is 1.10 bits per heavy atom. The van der Waals surface area contributed by atoms with Crippen molar-refractivity contribution in [2.24, 2.45) is 0 Å². The van der Waals surface area contributed by atoms with Crippen LogP contribution in [0.1, 0.15) is 18.1 Å². The molecule has 0 heterocycles. The summed E-state index contributed by atoms with van der Waals surface area (Å²) in [7, 11) is 0. The summed E-state index contributed by atoms with van der Waals surface area (Å²) in [5.74, 6) is 0.280. The molecule has 1 unspecified atom stereocenters. The highest BCUT2D eigenvalue weighted by atomic mass is 35.5. The highest BCUT2D eigenvalue weighted by Gasteiger charge is 2.09. The predicted molar refractivity (Wildman–Crippen MR) is 86.1 cm³/mol. The molecule has 4 heteroatoms. The fourth-order valence-corrected chi connectivity index (χ4v) is 2.50. The molecule has 0 aromatic heterocycles. The standard InChI is InChI=1S/C16H17Cl2NO/c1-10-7-15(18)16(9-14(10)17)19-11(2)8-12-3-5-13(20)6-4-12/h3-7,9,11,19-20H,8H2,1-2H3. The van der Waals surface area contributed by atoms with Gasteiger partial charge in [0.15, 0.2) is 0 Å². The van der Waals surface area contributed by atoms with Gasteiger partial charge in [0.05, 0.1) is 10.7 Å². The second-order valence-electron chi connectivity index (χ2n) is 5.00. The van der Waals surface area contributed by atoms with Gasteiger partial charge in [0.2, 0.25) is 0 Å². The molecule has 0 saturated heterocycles. The third-order valence-electron chi connectivity index (χ3n) is 3.13. The Morgan fingerprint density at radius 3 is 2.40 bits per heavy atom. The number of aromatic hydroxyl groups is 1. The quantitative estimate of drug-likeness (QED) is 0.828. The van der Waals surface area contributed by atoms with Gasteiger partial charge in [-0.05, 0) is 55.7 Å². The smallest absolute Gasteiger partial charge is 0.115 e. The first-order valence-electron chi connectivity index (χ1n) is 6.46. The summed E-state index contributed by atoms with van der Waals surface area (Å²) in [4.78, 5) is 0. The third-order valence-corrected chi connectivity index (χ3v) is 3.85. The van der Waals surface area contributed by atoms with Crippen molar-refractivity contribution in [1.82, 2.24) is 0 Å². The van der Waals surface area contributed by atoms with Crippen molar-refractivity contribution in [2.45, 2.75) is 26.3 Å². The van der Waals surface area contributed by atoms with E-state index < -0.39 is 0 Å². The number of hydrogen-bond acceptors (Lipinski definition) is 2. The van der Waals surface area contributed by atoms with Crippen LogP contribution in [0.2, 0.25) is 10.0 Å². The Morgan fingerprint density at radius 2 is 1.75 bits per heavy atom. The molecule has 0 radical (unpaired) electrons. The number of phenols is 1. The zero-order valence-electron chi connectivity index (χ0n) is 11.5. The van der Waals surface area contributed by atoms with Gasteiger partial charge >= 0.3 is 0 Å². The number of halogens is 2.